The molecule has 0 fully saturated rings. The molecule has 19 heavy (non-hydrogen) atoms. The van der Waals surface area contributed by atoms with Gasteiger partial charge in [0, 0.05) is 16.1 Å². The predicted molar refractivity (Wildman–Crippen MR) is 75.3 cm³/mol. The highest BCUT2D eigenvalue weighted by Gasteiger charge is 2.12. The summed E-state index contributed by atoms with van der Waals surface area (Å²) in [6.07, 6.45) is 1.77. The lowest BCUT2D eigenvalue weighted by molar-refractivity contribution is 0.760. The third kappa shape index (κ3) is 2.06. The summed E-state index contributed by atoms with van der Waals surface area (Å²) >= 11 is 1.44. The third-order valence-corrected chi connectivity index (χ3v) is 4.03. The summed E-state index contributed by atoms with van der Waals surface area (Å²) in [5.41, 5.74) is 2.64. The van der Waals surface area contributed by atoms with Crippen molar-refractivity contribution in [3.63, 3.8) is 0 Å². The lowest BCUT2D eigenvalue weighted by atomic mass is 10.2. The molecular weight excluding hydrogens is 262 g/mol. The molecule has 0 unspecified atom stereocenters. The van der Waals surface area contributed by atoms with E-state index < -0.39 is 0 Å². The molecule has 0 aliphatic rings. The number of H-pyrrole nitrogens is 2. The molecule has 0 saturated heterocycles. The van der Waals surface area contributed by atoms with Crippen molar-refractivity contribution in [3.05, 3.63) is 34.1 Å². The fourth-order valence-corrected chi connectivity index (χ4v) is 3.03. The number of aromatic amines is 2. The summed E-state index contributed by atoms with van der Waals surface area (Å²) in [4.78, 5) is 20.2. The average Bonchev–Trinajstić information content (AvgIpc) is 2.95. The van der Waals surface area contributed by atoms with Crippen LogP contribution in [0.1, 0.15) is 11.5 Å². The van der Waals surface area contributed by atoms with Gasteiger partial charge in [-0.1, -0.05) is 0 Å². The second kappa shape index (κ2) is 4.60. The number of nitrogens with one attached hydrogen (secondary N) is 3. The van der Waals surface area contributed by atoms with Gasteiger partial charge in [0.25, 0.3) is 5.56 Å². The minimum Gasteiger partial charge on any atom is -0.313 e. The lowest BCUT2D eigenvalue weighted by Crippen LogP contribution is -2.15. The number of aryl methyl sites for hydroxylation is 1. The summed E-state index contributed by atoms with van der Waals surface area (Å²) in [6, 6.07) is 1.94. The first-order valence-electron chi connectivity index (χ1n) is 5.86. The number of thiophene rings is 1. The molecule has 98 valence electrons. The Hall–Kier alpha value is -1.99. The first kappa shape index (κ1) is 12.1. The van der Waals surface area contributed by atoms with Crippen LogP contribution < -0.4 is 10.9 Å². The van der Waals surface area contributed by atoms with Gasteiger partial charge in [0.1, 0.15) is 10.5 Å². The molecule has 3 rings (SSSR count). The van der Waals surface area contributed by atoms with E-state index in [1.54, 1.807) is 6.20 Å². The predicted octanol–water partition coefficient (Wildman–Crippen LogP) is 1.40. The zero-order valence-electron chi connectivity index (χ0n) is 10.6. The van der Waals surface area contributed by atoms with Crippen LogP contribution in [-0.2, 0) is 6.54 Å². The van der Waals surface area contributed by atoms with Crippen LogP contribution in [0, 0.1) is 6.92 Å². The van der Waals surface area contributed by atoms with E-state index in [9.17, 15) is 4.79 Å². The van der Waals surface area contributed by atoms with Crippen molar-refractivity contribution >= 4 is 21.6 Å². The Bertz CT molecular complexity index is 785. The van der Waals surface area contributed by atoms with E-state index >= 15 is 0 Å². The monoisotopic (exact) mass is 275 g/mol. The van der Waals surface area contributed by atoms with Gasteiger partial charge >= 0.3 is 0 Å². The summed E-state index contributed by atoms with van der Waals surface area (Å²) in [5, 5.41) is 9.88. The van der Waals surface area contributed by atoms with Crippen LogP contribution in [0.25, 0.3) is 20.7 Å². The molecule has 0 bridgehead atoms. The number of fused-ring (bicyclic) bond motifs is 1. The Morgan fingerprint density at radius 3 is 3.00 bits per heavy atom. The van der Waals surface area contributed by atoms with Crippen LogP contribution in [0.5, 0.6) is 0 Å². The van der Waals surface area contributed by atoms with Gasteiger partial charge in [0.2, 0.25) is 0 Å². The van der Waals surface area contributed by atoms with E-state index in [0.717, 1.165) is 21.7 Å². The molecule has 0 aromatic carbocycles. The van der Waals surface area contributed by atoms with Crippen LogP contribution in [0.4, 0.5) is 0 Å². The number of aromatic nitrogens is 4. The van der Waals surface area contributed by atoms with Gasteiger partial charge in [-0.15, -0.1) is 11.3 Å². The maximum Gasteiger partial charge on any atom is 0.268 e. The molecule has 3 aromatic heterocycles. The van der Waals surface area contributed by atoms with Gasteiger partial charge in [0.05, 0.1) is 18.3 Å². The molecule has 0 radical (unpaired) electrons. The van der Waals surface area contributed by atoms with Crippen molar-refractivity contribution in [2.45, 2.75) is 13.5 Å². The van der Waals surface area contributed by atoms with Crippen molar-refractivity contribution in [1.82, 2.24) is 25.5 Å². The molecule has 0 aliphatic carbocycles. The topological polar surface area (TPSA) is 86.5 Å². The summed E-state index contributed by atoms with van der Waals surface area (Å²) in [7, 11) is 1.82. The van der Waals surface area contributed by atoms with Crippen molar-refractivity contribution in [1.29, 1.82) is 0 Å². The number of hydrogen-bond acceptors (Lipinski definition) is 5. The molecule has 6 nitrogen and oxygen atoms in total. The Labute approximate surface area is 112 Å². The molecule has 0 spiro atoms. The second-order valence-corrected chi connectivity index (χ2v) is 5.33. The third-order valence-electron chi connectivity index (χ3n) is 2.87. The van der Waals surface area contributed by atoms with Gasteiger partial charge in [-0.25, -0.2) is 4.98 Å². The molecule has 0 aliphatic heterocycles. The molecular formula is C12H13N5OS. The zero-order chi connectivity index (χ0) is 13.4. The first-order valence-corrected chi connectivity index (χ1v) is 6.68. The molecule has 3 aromatic rings. The largest absolute Gasteiger partial charge is 0.313 e. The lowest BCUT2D eigenvalue weighted by Gasteiger charge is -1.97. The van der Waals surface area contributed by atoms with Crippen molar-refractivity contribution in [2.24, 2.45) is 0 Å². The van der Waals surface area contributed by atoms with Crippen molar-refractivity contribution in [2.75, 3.05) is 7.05 Å². The standard InChI is InChI=1S/C12H13N5OS/c1-6-7(4-14-17-6)9-3-8-11(19-9)12(18)16-10(15-8)5-13-2/h3-4,13H,5H2,1-2H3,(H,14,17)(H,15,16,18). The van der Waals surface area contributed by atoms with E-state index in [4.69, 9.17) is 0 Å². The maximum absolute atomic E-state index is 12.0. The molecule has 3 heterocycles. The van der Waals surface area contributed by atoms with Crippen molar-refractivity contribution < 1.29 is 0 Å². The quantitative estimate of drug-likeness (QED) is 0.674. The van der Waals surface area contributed by atoms with E-state index in [-0.39, 0.29) is 5.56 Å². The Balaban J connectivity index is 2.18. The van der Waals surface area contributed by atoms with Gasteiger partial charge in [-0.05, 0) is 20.0 Å². The highest BCUT2D eigenvalue weighted by molar-refractivity contribution is 7.22. The van der Waals surface area contributed by atoms with E-state index in [2.05, 4.69) is 25.5 Å². The van der Waals surface area contributed by atoms with Gasteiger partial charge < -0.3 is 10.3 Å². The Kier molecular flexibility index (Phi) is 2.92. The second-order valence-electron chi connectivity index (χ2n) is 4.28. The molecule has 0 atom stereocenters. The fourth-order valence-electron chi connectivity index (χ4n) is 1.97. The number of hydrogen-bond donors (Lipinski definition) is 3. The van der Waals surface area contributed by atoms with Crippen LogP contribution in [0.2, 0.25) is 0 Å². The Morgan fingerprint density at radius 1 is 1.47 bits per heavy atom. The van der Waals surface area contributed by atoms with Gasteiger partial charge in [-0.3, -0.25) is 9.89 Å². The normalized spacial score (nSPS) is 11.3. The minimum atomic E-state index is -0.0901. The molecule has 0 amide bonds. The van der Waals surface area contributed by atoms with Crippen molar-refractivity contribution in [3.8, 4) is 10.4 Å². The van der Waals surface area contributed by atoms with Gasteiger partial charge in [0.15, 0.2) is 0 Å². The van der Waals surface area contributed by atoms with E-state index in [1.165, 1.54) is 11.3 Å². The van der Waals surface area contributed by atoms with E-state index in [1.807, 2.05) is 20.0 Å². The average molecular weight is 275 g/mol. The summed E-state index contributed by atoms with van der Waals surface area (Å²) in [5.74, 6) is 0.647. The Morgan fingerprint density at radius 2 is 2.32 bits per heavy atom. The van der Waals surface area contributed by atoms with Crippen LogP contribution in [-0.4, -0.2) is 27.2 Å². The number of nitrogens with zero attached hydrogens (tertiary/aromatic N) is 2. The summed E-state index contributed by atoms with van der Waals surface area (Å²) in [6.45, 7) is 2.50. The summed E-state index contributed by atoms with van der Waals surface area (Å²) < 4.78 is 0.649. The van der Waals surface area contributed by atoms with Crippen LogP contribution >= 0.6 is 11.3 Å². The number of rotatable bonds is 3. The van der Waals surface area contributed by atoms with Gasteiger partial charge in [-0.2, -0.15) is 5.10 Å². The van der Waals surface area contributed by atoms with Crippen LogP contribution in [0.3, 0.4) is 0 Å². The molecule has 3 N–H and O–H groups in total. The molecule has 7 heteroatoms. The smallest absolute Gasteiger partial charge is 0.268 e. The highest BCUT2D eigenvalue weighted by Crippen LogP contribution is 2.31. The van der Waals surface area contributed by atoms with E-state index in [0.29, 0.717) is 17.1 Å². The maximum atomic E-state index is 12.0. The first-order chi connectivity index (χ1) is 9.19. The fraction of sp³-hybridized carbons (Fsp3) is 0.250. The zero-order valence-corrected chi connectivity index (χ0v) is 11.4. The van der Waals surface area contributed by atoms with Crippen LogP contribution in [0.15, 0.2) is 17.1 Å². The molecule has 0 saturated carbocycles. The SMILES string of the molecule is CNCc1nc2cc(-c3cn[nH]c3C)sc2c(=O)[nH]1. The minimum absolute atomic E-state index is 0.0901. The highest BCUT2D eigenvalue weighted by atomic mass is 32.1.